The highest BCUT2D eigenvalue weighted by Gasteiger charge is 2.18. The van der Waals surface area contributed by atoms with E-state index in [1.807, 2.05) is 26.8 Å². The van der Waals surface area contributed by atoms with E-state index in [2.05, 4.69) is 24.5 Å². The van der Waals surface area contributed by atoms with Gasteiger partial charge >= 0.3 is 6.09 Å². The third-order valence-corrected chi connectivity index (χ3v) is 3.39. The summed E-state index contributed by atoms with van der Waals surface area (Å²) in [6.07, 6.45) is 0.416. The van der Waals surface area contributed by atoms with E-state index in [9.17, 15) is 9.18 Å². The second-order valence-corrected chi connectivity index (χ2v) is 7.52. The molecule has 25 heavy (non-hydrogen) atoms. The second-order valence-electron chi connectivity index (χ2n) is 7.52. The first kappa shape index (κ1) is 20.9. The van der Waals surface area contributed by atoms with Gasteiger partial charge in [-0.2, -0.15) is 5.26 Å². The summed E-state index contributed by atoms with van der Waals surface area (Å²) in [5, 5.41) is 15.0. The fourth-order valence-corrected chi connectivity index (χ4v) is 2.36. The maximum Gasteiger partial charge on any atom is 0.407 e. The van der Waals surface area contributed by atoms with Crippen LogP contribution in [0.5, 0.6) is 0 Å². The van der Waals surface area contributed by atoms with Gasteiger partial charge in [0.15, 0.2) is 0 Å². The molecule has 1 rings (SSSR count). The number of hydrogen-bond acceptors (Lipinski definition) is 4. The first-order valence-electron chi connectivity index (χ1n) is 8.49. The molecule has 0 heterocycles. The van der Waals surface area contributed by atoms with Crippen molar-refractivity contribution in [3.8, 4) is 6.07 Å². The molecule has 1 aromatic rings. The van der Waals surface area contributed by atoms with Crippen molar-refractivity contribution in [2.45, 2.75) is 59.2 Å². The number of alkyl carbamates (subject to hydrolysis) is 1. The largest absolute Gasteiger partial charge is 0.444 e. The Kier molecular flexibility index (Phi) is 7.85. The van der Waals surface area contributed by atoms with Crippen LogP contribution in [0.3, 0.4) is 0 Å². The summed E-state index contributed by atoms with van der Waals surface area (Å²) in [6, 6.07) is 6.37. The molecule has 0 fully saturated rings. The number of amides is 1. The number of nitrogens with one attached hydrogen (secondary N) is 2. The maximum absolute atomic E-state index is 13.4. The molecule has 1 aromatic carbocycles. The van der Waals surface area contributed by atoms with Gasteiger partial charge in [0.1, 0.15) is 17.5 Å². The normalized spacial score (nSPS) is 12.6. The Labute approximate surface area is 149 Å². The van der Waals surface area contributed by atoms with Crippen LogP contribution in [0.4, 0.5) is 9.18 Å². The second kappa shape index (κ2) is 9.38. The van der Waals surface area contributed by atoms with Crippen molar-refractivity contribution in [1.29, 1.82) is 5.26 Å². The Bertz CT molecular complexity index is 618. The molecule has 5 nitrogen and oxygen atoms in total. The summed E-state index contributed by atoms with van der Waals surface area (Å²) in [5.74, 6) is -0.0719. The molecule has 6 heteroatoms. The summed E-state index contributed by atoms with van der Waals surface area (Å²) >= 11 is 0. The fraction of sp³-hybridized carbons (Fsp3) is 0.579. The van der Waals surface area contributed by atoms with Gasteiger partial charge in [0.25, 0.3) is 0 Å². The molecule has 0 aliphatic carbocycles. The van der Waals surface area contributed by atoms with Crippen molar-refractivity contribution in [2.75, 3.05) is 6.54 Å². The molecule has 0 spiro atoms. The van der Waals surface area contributed by atoms with Crippen LogP contribution in [0.1, 0.15) is 52.2 Å². The summed E-state index contributed by atoms with van der Waals surface area (Å²) in [6.45, 7) is 10.6. The Balaban J connectivity index is 2.61. The zero-order valence-corrected chi connectivity index (χ0v) is 15.6. The molecule has 0 bridgehead atoms. The number of nitriles is 1. The topological polar surface area (TPSA) is 74.2 Å². The quantitative estimate of drug-likeness (QED) is 0.787. The first-order chi connectivity index (χ1) is 11.6. The monoisotopic (exact) mass is 349 g/mol. The first-order valence-corrected chi connectivity index (χ1v) is 8.49. The summed E-state index contributed by atoms with van der Waals surface area (Å²) in [5.41, 5.74) is 0.322. The predicted molar refractivity (Wildman–Crippen MR) is 95.4 cm³/mol. The minimum Gasteiger partial charge on any atom is -0.444 e. The Morgan fingerprint density at radius 1 is 1.36 bits per heavy atom. The molecular weight excluding hydrogens is 321 g/mol. The van der Waals surface area contributed by atoms with Gasteiger partial charge < -0.3 is 15.4 Å². The molecule has 2 N–H and O–H groups in total. The third-order valence-electron chi connectivity index (χ3n) is 3.39. The van der Waals surface area contributed by atoms with E-state index in [4.69, 9.17) is 10.00 Å². The standard InChI is InChI=1S/C19H28FN3O2/c1-13(2)8-16(12-23-18(24)25-19(3,4)5)22-11-14-6-7-17(20)15(9-14)10-21/h6-7,9,13,16,22H,8,11-12H2,1-5H3,(H,23,24). The van der Waals surface area contributed by atoms with E-state index in [1.165, 1.54) is 12.1 Å². The maximum atomic E-state index is 13.4. The molecule has 1 amide bonds. The third kappa shape index (κ3) is 8.50. The van der Waals surface area contributed by atoms with Gasteiger partial charge in [-0.1, -0.05) is 19.9 Å². The average molecular weight is 349 g/mol. The Morgan fingerprint density at radius 2 is 2.04 bits per heavy atom. The van der Waals surface area contributed by atoms with Gasteiger partial charge in [-0.3, -0.25) is 0 Å². The summed E-state index contributed by atoms with van der Waals surface area (Å²) in [7, 11) is 0. The highest BCUT2D eigenvalue weighted by molar-refractivity contribution is 5.67. The van der Waals surface area contributed by atoms with Gasteiger partial charge in [0, 0.05) is 19.1 Å². The summed E-state index contributed by atoms with van der Waals surface area (Å²) < 4.78 is 18.6. The molecule has 1 atom stereocenters. The van der Waals surface area contributed by atoms with E-state index in [-0.39, 0.29) is 11.6 Å². The van der Waals surface area contributed by atoms with Crippen LogP contribution in [0, 0.1) is 23.1 Å². The number of carbonyl (C=O) groups excluding carboxylic acids is 1. The van der Waals surface area contributed by atoms with Crippen LogP contribution in [0.15, 0.2) is 18.2 Å². The fourth-order valence-electron chi connectivity index (χ4n) is 2.36. The number of nitrogens with zero attached hydrogens (tertiary/aromatic N) is 1. The SMILES string of the molecule is CC(C)CC(CNC(=O)OC(C)(C)C)NCc1ccc(F)c(C#N)c1. The van der Waals surface area contributed by atoms with Gasteiger partial charge in [-0.05, 0) is 50.8 Å². The molecular formula is C19H28FN3O2. The smallest absolute Gasteiger partial charge is 0.407 e. The zero-order chi connectivity index (χ0) is 19.0. The van der Waals surface area contributed by atoms with Crippen LogP contribution in [-0.2, 0) is 11.3 Å². The van der Waals surface area contributed by atoms with E-state index in [1.54, 1.807) is 6.07 Å². The van der Waals surface area contributed by atoms with Crippen LogP contribution in [0.25, 0.3) is 0 Å². The van der Waals surface area contributed by atoms with Crippen molar-refractivity contribution in [2.24, 2.45) is 5.92 Å². The molecule has 0 saturated heterocycles. The number of halogens is 1. The average Bonchev–Trinajstić information content (AvgIpc) is 2.49. The van der Waals surface area contributed by atoms with Crippen LogP contribution < -0.4 is 10.6 Å². The van der Waals surface area contributed by atoms with Crippen LogP contribution in [-0.4, -0.2) is 24.3 Å². The zero-order valence-electron chi connectivity index (χ0n) is 15.6. The Morgan fingerprint density at radius 3 is 2.60 bits per heavy atom. The van der Waals surface area contributed by atoms with Gasteiger partial charge in [-0.15, -0.1) is 0 Å². The van der Waals surface area contributed by atoms with Gasteiger partial charge in [-0.25, -0.2) is 9.18 Å². The lowest BCUT2D eigenvalue weighted by molar-refractivity contribution is 0.0520. The van der Waals surface area contributed by atoms with E-state index < -0.39 is 17.5 Å². The van der Waals surface area contributed by atoms with Crippen molar-refractivity contribution in [3.63, 3.8) is 0 Å². The highest BCUT2D eigenvalue weighted by Crippen LogP contribution is 2.11. The molecule has 1 unspecified atom stereocenters. The molecule has 138 valence electrons. The van der Waals surface area contributed by atoms with Crippen molar-refractivity contribution in [3.05, 3.63) is 35.1 Å². The van der Waals surface area contributed by atoms with E-state index >= 15 is 0 Å². The van der Waals surface area contributed by atoms with Crippen molar-refractivity contribution >= 4 is 6.09 Å². The van der Waals surface area contributed by atoms with Crippen molar-refractivity contribution < 1.29 is 13.9 Å². The predicted octanol–water partition coefficient (Wildman–Crippen LogP) is 3.73. The van der Waals surface area contributed by atoms with E-state index in [0.29, 0.717) is 19.0 Å². The lowest BCUT2D eigenvalue weighted by atomic mass is 10.0. The van der Waals surface area contributed by atoms with Crippen molar-refractivity contribution in [1.82, 2.24) is 10.6 Å². The minimum atomic E-state index is -0.535. The number of rotatable bonds is 7. The van der Waals surface area contributed by atoms with Gasteiger partial charge in [0.05, 0.1) is 5.56 Å². The lowest BCUT2D eigenvalue weighted by Gasteiger charge is -2.24. The molecule has 0 saturated carbocycles. The highest BCUT2D eigenvalue weighted by atomic mass is 19.1. The minimum absolute atomic E-state index is 0.0339. The molecule has 0 aromatic heterocycles. The lowest BCUT2D eigenvalue weighted by Crippen LogP contribution is -2.43. The number of ether oxygens (including phenoxy) is 1. The molecule has 0 aliphatic heterocycles. The number of carbonyl (C=O) groups is 1. The van der Waals surface area contributed by atoms with Crippen LogP contribution in [0.2, 0.25) is 0 Å². The molecule has 0 aliphatic rings. The molecule has 0 radical (unpaired) electrons. The van der Waals surface area contributed by atoms with Gasteiger partial charge in [0.2, 0.25) is 0 Å². The van der Waals surface area contributed by atoms with Crippen LogP contribution >= 0.6 is 0 Å². The summed E-state index contributed by atoms with van der Waals surface area (Å²) in [4.78, 5) is 11.8. The number of benzene rings is 1. The Hall–Kier alpha value is -2.13. The number of hydrogen-bond donors (Lipinski definition) is 2. The van der Waals surface area contributed by atoms with E-state index in [0.717, 1.165) is 12.0 Å².